The molecule has 0 fully saturated rings. The second kappa shape index (κ2) is 2.74. The molecule has 1 aromatic carbocycles. The van der Waals surface area contributed by atoms with Crippen LogP contribution >= 0.6 is 0 Å². The number of phenolic OH excluding ortho intramolecular Hbond substituents is 1. The van der Waals surface area contributed by atoms with Gasteiger partial charge in [0.1, 0.15) is 5.75 Å². The number of phenols is 1. The Hall–Kier alpha value is -1.02. The summed E-state index contributed by atoms with van der Waals surface area (Å²) in [5.74, 6) is 0.317. The molecule has 1 atom stereocenters. The normalized spacial score (nSPS) is 26.9. The van der Waals surface area contributed by atoms with Crippen molar-refractivity contribution in [3.63, 3.8) is 0 Å². The van der Waals surface area contributed by atoms with Crippen LogP contribution in [0.1, 0.15) is 30.9 Å². The third kappa shape index (κ3) is 1.31. The molecule has 1 aliphatic rings. The molecule has 0 radical (unpaired) electrons. The molecule has 0 spiro atoms. The molecule has 0 bridgehead atoms. The van der Waals surface area contributed by atoms with E-state index < -0.39 is 5.60 Å². The molecule has 0 saturated heterocycles. The molecule has 0 saturated carbocycles. The minimum atomic E-state index is -0.758. The van der Waals surface area contributed by atoms with Gasteiger partial charge in [-0.25, -0.2) is 0 Å². The van der Waals surface area contributed by atoms with Crippen LogP contribution in [0.4, 0.5) is 0 Å². The molecule has 1 aromatic rings. The lowest BCUT2D eigenvalue weighted by molar-refractivity contribution is 0.0382. The fourth-order valence-corrected chi connectivity index (χ4v) is 2.09. The van der Waals surface area contributed by atoms with Crippen molar-refractivity contribution in [1.82, 2.24) is 0 Å². The van der Waals surface area contributed by atoms with Gasteiger partial charge in [0.25, 0.3) is 0 Å². The van der Waals surface area contributed by atoms with Crippen molar-refractivity contribution in [2.45, 2.75) is 31.8 Å². The Morgan fingerprint density at radius 2 is 2.15 bits per heavy atom. The average Bonchev–Trinajstić information content (AvgIpc) is 2.06. The number of fused-ring (bicyclic) bond motifs is 1. The van der Waals surface area contributed by atoms with Crippen LogP contribution in [0.15, 0.2) is 18.2 Å². The smallest absolute Gasteiger partial charge is 0.119 e. The monoisotopic (exact) mass is 178 g/mol. The third-order valence-corrected chi connectivity index (χ3v) is 2.82. The van der Waals surface area contributed by atoms with Gasteiger partial charge in [0.05, 0.1) is 5.60 Å². The Kier molecular flexibility index (Phi) is 1.81. The first-order chi connectivity index (χ1) is 6.11. The van der Waals surface area contributed by atoms with E-state index >= 15 is 0 Å². The first kappa shape index (κ1) is 8.57. The SMILES string of the molecule is CC1(O)CCCc2c(O)cccc21. The van der Waals surface area contributed by atoms with Crippen LogP contribution in [0, 0.1) is 0 Å². The van der Waals surface area contributed by atoms with E-state index in [9.17, 15) is 10.2 Å². The van der Waals surface area contributed by atoms with Gasteiger partial charge >= 0.3 is 0 Å². The number of hydrogen-bond acceptors (Lipinski definition) is 2. The highest BCUT2D eigenvalue weighted by molar-refractivity contribution is 5.43. The number of benzene rings is 1. The van der Waals surface area contributed by atoms with Crippen LogP contribution in [0.2, 0.25) is 0 Å². The molecule has 13 heavy (non-hydrogen) atoms. The summed E-state index contributed by atoms with van der Waals surface area (Å²) in [4.78, 5) is 0. The Bertz CT molecular complexity index is 329. The van der Waals surface area contributed by atoms with E-state index in [4.69, 9.17) is 0 Å². The highest BCUT2D eigenvalue weighted by atomic mass is 16.3. The van der Waals surface area contributed by atoms with E-state index in [1.54, 1.807) is 12.1 Å². The maximum atomic E-state index is 10.0. The summed E-state index contributed by atoms with van der Waals surface area (Å²) >= 11 is 0. The molecular weight excluding hydrogens is 164 g/mol. The minimum Gasteiger partial charge on any atom is -0.508 e. The van der Waals surface area contributed by atoms with Crippen molar-refractivity contribution in [1.29, 1.82) is 0 Å². The minimum absolute atomic E-state index is 0.317. The van der Waals surface area contributed by atoms with E-state index in [1.807, 2.05) is 13.0 Å². The zero-order valence-electron chi connectivity index (χ0n) is 7.75. The summed E-state index contributed by atoms with van der Waals surface area (Å²) in [6.45, 7) is 1.81. The van der Waals surface area contributed by atoms with Gasteiger partial charge in [-0.2, -0.15) is 0 Å². The number of aliphatic hydroxyl groups is 1. The Balaban J connectivity index is 2.58. The summed E-state index contributed by atoms with van der Waals surface area (Å²) in [5.41, 5.74) is 1.05. The van der Waals surface area contributed by atoms with E-state index in [0.717, 1.165) is 30.4 Å². The zero-order chi connectivity index (χ0) is 9.47. The highest BCUT2D eigenvalue weighted by Gasteiger charge is 2.30. The topological polar surface area (TPSA) is 40.5 Å². The predicted molar refractivity (Wildman–Crippen MR) is 50.6 cm³/mol. The van der Waals surface area contributed by atoms with Crippen LogP contribution in [-0.4, -0.2) is 10.2 Å². The lowest BCUT2D eigenvalue weighted by atomic mass is 9.80. The van der Waals surface area contributed by atoms with Crippen molar-refractivity contribution in [2.24, 2.45) is 0 Å². The summed E-state index contributed by atoms with van der Waals surface area (Å²) in [6.07, 6.45) is 2.60. The van der Waals surface area contributed by atoms with Crippen molar-refractivity contribution < 1.29 is 10.2 Å². The number of aromatic hydroxyl groups is 1. The maximum absolute atomic E-state index is 10.0. The second-order valence-electron chi connectivity index (χ2n) is 3.93. The molecule has 0 aliphatic heterocycles. The number of hydrogen-bond donors (Lipinski definition) is 2. The molecule has 2 rings (SSSR count). The van der Waals surface area contributed by atoms with E-state index in [1.165, 1.54) is 0 Å². The van der Waals surface area contributed by atoms with Crippen molar-refractivity contribution in [3.8, 4) is 5.75 Å². The van der Waals surface area contributed by atoms with Crippen LogP contribution in [0.3, 0.4) is 0 Å². The fraction of sp³-hybridized carbons (Fsp3) is 0.455. The largest absolute Gasteiger partial charge is 0.508 e. The maximum Gasteiger partial charge on any atom is 0.119 e. The van der Waals surface area contributed by atoms with Gasteiger partial charge in [0.2, 0.25) is 0 Å². The molecule has 2 heteroatoms. The second-order valence-corrected chi connectivity index (χ2v) is 3.93. The quantitative estimate of drug-likeness (QED) is 0.637. The molecule has 2 nitrogen and oxygen atoms in total. The van der Waals surface area contributed by atoms with E-state index in [2.05, 4.69) is 0 Å². The molecule has 2 N–H and O–H groups in total. The summed E-state index contributed by atoms with van der Waals surface area (Å²) in [6, 6.07) is 5.36. The van der Waals surface area contributed by atoms with Gasteiger partial charge < -0.3 is 10.2 Å². The Morgan fingerprint density at radius 1 is 1.38 bits per heavy atom. The van der Waals surface area contributed by atoms with Crippen molar-refractivity contribution in [2.75, 3.05) is 0 Å². The van der Waals surface area contributed by atoms with Crippen LogP contribution in [0.5, 0.6) is 5.75 Å². The zero-order valence-corrected chi connectivity index (χ0v) is 7.75. The van der Waals surface area contributed by atoms with Crippen molar-refractivity contribution in [3.05, 3.63) is 29.3 Å². The molecular formula is C11H14O2. The molecule has 0 amide bonds. The fourth-order valence-electron chi connectivity index (χ4n) is 2.09. The molecule has 1 unspecified atom stereocenters. The molecule has 1 aliphatic carbocycles. The molecule has 0 heterocycles. The van der Waals surface area contributed by atoms with Gasteiger partial charge in [-0.1, -0.05) is 12.1 Å². The lowest BCUT2D eigenvalue weighted by Gasteiger charge is -2.31. The Labute approximate surface area is 77.8 Å². The predicted octanol–water partition coefficient (Wildman–Crippen LogP) is 1.94. The third-order valence-electron chi connectivity index (χ3n) is 2.82. The van der Waals surface area contributed by atoms with Gasteiger partial charge in [0, 0.05) is 0 Å². The van der Waals surface area contributed by atoms with Gasteiger partial charge in [-0.15, -0.1) is 0 Å². The highest BCUT2D eigenvalue weighted by Crippen LogP contribution is 2.38. The molecule has 70 valence electrons. The first-order valence-corrected chi connectivity index (χ1v) is 4.65. The summed E-state index contributed by atoms with van der Waals surface area (Å²) < 4.78 is 0. The van der Waals surface area contributed by atoms with Crippen molar-refractivity contribution >= 4 is 0 Å². The number of rotatable bonds is 0. The van der Waals surface area contributed by atoms with Gasteiger partial charge in [-0.05, 0) is 43.4 Å². The average molecular weight is 178 g/mol. The summed E-state index contributed by atoms with van der Waals surface area (Å²) in [5, 5.41) is 19.6. The van der Waals surface area contributed by atoms with Gasteiger partial charge in [-0.3, -0.25) is 0 Å². The van der Waals surface area contributed by atoms with Crippen LogP contribution < -0.4 is 0 Å². The summed E-state index contributed by atoms with van der Waals surface area (Å²) in [7, 11) is 0. The van der Waals surface area contributed by atoms with Crippen LogP contribution in [0.25, 0.3) is 0 Å². The first-order valence-electron chi connectivity index (χ1n) is 4.65. The van der Waals surface area contributed by atoms with E-state index in [0.29, 0.717) is 5.75 Å². The lowest BCUT2D eigenvalue weighted by Crippen LogP contribution is -2.26. The molecule has 0 aromatic heterocycles. The standard InChI is InChI=1S/C11H14O2/c1-11(13)7-3-4-8-9(11)5-2-6-10(8)12/h2,5-6,12-13H,3-4,7H2,1H3. The van der Waals surface area contributed by atoms with Crippen LogP contribution in [-0.2, 0) is 12.0 Å². The Morgan fingerprint density at radius 3 is 2.85 bits per heavy atom. The van der Waals surface area contributed by atoms with Gasteiger partial charge in [0.15, 0.2) is 0 Å². The van der Waals surface area contributed by atoms with E-state index in [-0.39, 0.29) is 0 Å².